The lowest BCUT2D eigenvalue weighted by Crippen LogP contribution is -2.05. The van der Waals surface area contributed by atoms with Crippen LogP contribution in [0.5, 0.6) is 0 Å². The molecule has 0 heterocycles. The first-order valence-corrected chi connectivity index (χ1v) is 4.44. The summed E-state index contributed by atoms with van der Waals surface area (Å²) in [6, 6.07) is 4.65. The van der Waals surface area contributed by atoms with Crippen molar-refractivity contribution < 1.29 is 19.4 Å². The predicted molar refractivity (Wildman–Crippen MR) is 58.9 cm³/mol. The average Bonchev–Trinajstić information content (AvgIpc) is 2.25. The Hall–Kier alpha value is -2.30. The van der Waals surface area contributed by atoms with Crippen LogP contribution < -0.4 is 5.73 Å². The van der Waals surface area contributed by atoms with Crippen LogP contribution in [0.25, 0.3) is 6.08 Å². The van der Waals surface area contributed by atoms with Gasteiger partial charge in [0.05, 0.1) is 12.7 Å². The highest BCUT2D eigenvalue weighted by molar-refractivity contribution is 5.99. The molecule has 1 aromatic rings. The number of anilines is 1. The van der Waals surface area contributed by atoms with Crippen LogP contribution in [0.2, 0.25) is 0 Å². The molecule has 1 rings (SSSR count). The van der Waals surface area contributed by atoms with Gasteiger partial charge in [-0.2, -0.15) is 0 Å². The van der Waals surface area contributed by atoms with Crippen LogP contribution in [0.4, 0.5) is 5.69 Å². The molecule has 84 valence electrons. The molecule has 0 aliphatic rings. The van der Waals surface area contributed by atoms with Crippen molar-refractivity contribution in [2.45, 2.75) is 0 Å². The van der Waals surface area contributed by atoms with Crippen molar-refractivity contribution in [3.05, 3.63) is 35.4 Å². The van der Waals surface area contributed by atoms with E-state index in [2.05, 4.69) is 4.74 Å². The Morgan fingerprint density at radius 3 is 2.69 bits per heavy atom. The van der Waals surface area contributed by atoms with E-state index in [0.29, 0.717) is 5.56 Å². The van der Waals surface area contributed by atoms with E-state index in [1.54, 1.807) is 12.1 Å². The maximum absolute atomic E-state index is 10.9. The summed E-state index contributed by atoms with van der Waals surface area (Å²) in [6.45, 7) is 0. The van der Waals surface area contributed by atoms with Gasteiger partial charge in [0.1, 0.15) is 0 Å². The first-order valence-electron chi connectivity index (χ1n) is 4.44. The van der Waals surface area contributed by atoms with E-state index in [1.165, 1.54) is 19.3 Å². The van der Waals surface area contributed by atoms with E-state index in [1.807, 2.05) is 0 Å². The number of methoxy groups -OCH3 is 1. The molecule has 5 heteroatoms. The first kappa shape index (κ1) is 11.8. The van der Waals surface area contributed by atoms with Gasteiger partial charge >= 0.3 is 11.9 Å². The molecule has 0 fully saturated rings. The van der Waals surface area contributed by atoms with E-state index >= 15 is 0 Å². The molecular weight excluding hydrogens is 210 g/mol. The molecular formula is C11H11NO4. The standard InChI is InChI=1S/C11H11NO4/c1-16-9(13)6-5-7-3-2-4-8(12)10(7)11(14)15/h2-6H,12H2,1H3,(H,14,15). The van der Waals surface area contributed by atoms with Crippen LogP contribution in [0, 0.1) is 0 Å². The van der Waals surface area contributed by atoms with Crippen molar-refractivity contribution in [1.29, 1.82) is 0 Å². The molecule has 0 unspecified atom stereocenters. The highest BCUT2D eigenvalue weighted by atomic mass is 16.5. The Kier molecular flexibility index (Phi) is 3.66. The van der Waals surface area contributed by atoms with Crippen LogP contribution in [-0.2, 0) is 9.53 Å². The van der Waals surface area contributed by atoms with Gasteiger partial charge in [0.15, 0.2) is 0 Å². The number of esters is 1. The molecule has 0 saturated carbocycles. The number of carboxylic acid groups (broad SMARTS) is 1. The van der Waals surface area contributed by atoms with Gasteiger partial charge in [0, 0.05) is 11.8 Å². The number of carbonyl (C=O) groups is 2. The number of hydrogen-bond acceptors (Lipinski definition) is 4. The number of carbonyl (C=O) groups excluding carboxylic acids is 1. The molecule has 0 radical (unpaired) electrons. The molecule has 1 aromatic carbocycles. The van der Waals surface area contributed by atoms with Gasteiger partial charge in [-0.15, -0.1) is 0 Å². The summed E-state index contributed by atoms with van der Waals surface area (Å²) in [4.78, 5) is 21.8. The van der Waals surface area contributed by atoms with Crippen molar-refractivity contribution in [2.75, 3.05) is 12.8 Å². The molecule has 16 heavy (non-hydrogen) atoms. The van der Waals surface area contributed by atoms with Gasteiger partial charge in [-0.25, -0.2) is 9.59 Å². The van der Waals surface area contributed by atoms with Crippen LogP contribution in [0.3, 0.4) is 0 Å². The summed E-state index contributed by atoms with van der Waals surface area (Å²) in [5.74, 6) is -1.69. The average molecular weight is 221 g/mol. The zero-order valence-corrected chi connectivity index (χ0v) is 8.64. The third-order valence-electron chi connectivity index (χ3n) is 1.94. The van der Waals surface area contributed by atoms with Gasteiger partial charge in [-0.3, -0.25) is 0 Å². The summed E-state index contributed by atoms with van der Waals surface area (Å²) in [6.07, 6.45) is 2.49. The molecule has 0 bridgehead atoms. The number of hydrogen-bond donors (Lipinski definition) is 2. The fraction of sp³-hybridized carbons (Fsp3) is 0.0909. The van der Waals surface area contributed by atoms with Crippen LogP contribution in [0.1, 0.15) is 15.9 Å². The van der Waals surface area contributed by atoms with Crippen LogP contribution >= 0.6 is 0 Å². The Labute approximate surface area is 92.1 Å². The molecule has 0 saturated heterocycles. The summed E-state index contributed by atoms with van der Waals surface area (Å²) < 4.78 is 4.40. The molecule has 0 aromatic heterocycles. The second-order valence-electron chi connectivity index (χ2n) is 2.97. The Morgan fingerprint density at radius 2 is 2.12 bits per heavy atom. The predicted octanol–water partition coefficient (Wildman–Crippen LogP) is 1.15. The topological polar surface area (TPSA) is 89.6 Å². The van der Waals surface area contributed by atoms with E-state index in [9.17, 15) is 9.59 Å². The largest absolute Gasteiger partial charge is 0.478 e. The highest BCUT2D eigenvalue weighted by Gasteiger charge is 2.11. The van der Waals surface area contributed by atoms with Gasteiger partial charge in [0.2, 0.25) is 0 Å². The van der Waals surface area contributed by atoms with E-state index in [4.69, 9.17) is 10.8 Å². The van der Waals surface area contributed by atoms with Gasteiger partial charge in [0.25, 0.3) is 0 Å². The van der Waals surface area contributed by atoms with E-state index < -0.39 is 11.9 Å². The minimum atomic E-state index is -1.14. The fourth-order valence-corrected chi connectivity index (χ4v) is 1.20. The van der Waals surface area contributed by atoms with E-state index in [-0.39, 0.29) is 11.3 Å². The minimum Gasteiger partial charge on any atom is -0.478 e. The maximum atomic E-state index is 10.9. The van der Waals surface area contributed by atoms with Crippen molar-refractivity contribution >= 4 is 23.7 Å². The number of aromatic carboxylic acids is 1. The second-order valence-corrected chi connectivity index (χ2v) is 2.97. The Morgan fingerprint density at radius 1 is 1.44 bits per heavy atom. The van der Waals surface area contributed by atoms with Crippen LogP contribution in [-0.4, -0.2) is 24.2 Å². The third-order valence-corrected chi connectivity index (χ3v) is 1.94. The van der Waals surface area contributed by atoms with Gasteiger partial charge in [-0.05, 0) is 17.7 Å². The molecule has 0 aliphatic heterocycles. The number of benzene rings is 1. The molecule has 0 amide bonds. The van der Waals surface area contributed by atoms with Crippen molar-refractivity contribution in [2.24, 2.45) is 0 Å². The van der Waals surface area contributed by atoms with E-state index in [0.717, 1.165) is 6.08 Å². The lowest BCUT2D eigenvalue weighted by Gasteiger charge is -2.04. The SMILES string of the molecule is COC(=O)C=Cc1cccc(N)c1C(=O)O. The minimum absolute atomic E-state index is 0.0253. The van der Waals surface area contributed by atoms with Crippen LogP contribution in [0.15, 0.2) is 24.3 Å². The molecule has 0 aliphatic carbocycles. The summed E-state index contributed by atoms with van der Waals surface area (Å²) in [5, 5.41) is 8.94. The highest BCUT2D eigenvalue weighted by Crippen LogP contribution is 2.18. The lowest BCUT2D eigenvalue weighted by atomic mass is 10.1. The van der Waals surface area contributed by atoms with Crippen molar-refractivity contribution in [3.63, 3.8) is 0 Å². The summed E-state index contributed by atoms with van der Waals surface area (Å²) in [7, 11) is 1.24. The molecule has 3 N–H and O–H groups in total. The fourth-order valence-electron chi connectivity index (χ4n) is 1.20. The first-order chi connectivity index (χ1) is 7.56. The molecule has 0 spiro atoms. The summed E-state index contributed by atoms with van der Waals surface area (Å²) in [5.41, 5.74) is 6.02. The number of nitrogens with two attached hydrogens (primary N) is 1. The number of ether oxygens (including phenoxy) is 1. The van der Waals surface area contributed by atoms with Gasteiger partial charge in [-0.1, -0.05) is 12.1 Å². The zero-order chi connectivity index (χ0) is 12.1. The third kappa shape index (κ3) is 2.60. The van der Waals surface area contributed by atoms with Crippen molar-refractivity contribution in [1.82, 2.24) is 0 Å². The monoisotopic (exact) mass is 221 g/mol. The van der Waals surface area contributed by atoms with Crippen molar-refractivity contribution in [3.8, 4) is 0 Å². The summed E-state index contributed by atoms with van der Waals surface area (Å²) >= 11 is 0. The molecule has 5 nitrogen and oxygen atoms in total. The number of nitrogen functional groups attached to an aromatic ring is 1. The Balaban J connectivity index is 3.14. The Bertz CT molecular complexity index is 451. The smallest absolute Gasteiger partial charge is 0.338 e. The number of rotatable bonds is 3. The second kappa shape index (κ2) is 4.97. The number of carboxylic acids is 1. The molecule has 0 atom stereocenters. The normalized spacial score (nSPS) is 10.3. The lowest BCUT2D eigenvalue weighted by molar-refractivity contribution is -0.134. The maximum Gasteiger partial charge on any atom is 0.338 e. The quantitative estimate of drug-likeness (QED) is 0.454. The zero-order valence-electron chi connectivity index (χ0n) is 8.64. The van der Waals surface area contributed by atoms with Gasteiger partial charge < -0.3 is 15.6 Å².